The quantitative estimate of drug-likeness (QED) is 0.818. The Hall–Kier alpha value is -0.650. The van der Waals surface area contributed by atoms with E-state index in [9.17, 15) is 4.79 Å². The van der Waals surface area contributed by atoms with Crippen LogP contribution in [0.15, 0.2) is 0 Å². The van der Waals surface area contributed by atoms with Gasteiger partial charge in [0.2, 0.25) is 5.91 Å². The fraction of sp³-hybridized carbons (Fsp3) is 0.933. The van der Waals surface area contributed by atoms with Gasteiger partial charge in [0.15, 0.2) is 0 Å². The first-order valence-corrected chi connectivity index (χ1v) is 7.91. The summed E-state index contributed by atoms with van der Waals surface area (Å²) < 4.78 is 5.34. The van der Waals surface area contributed by atoms with Crippen molar-refractivity contribution in [3.63, 3.8) is 0 Å². The number of piperazine rings is 1. The van der Waals surface area contributed by atoms with Crippen molar-refractivity contribution in [2.24, 2.45) is 5.92 Å². The van der Waals surface area contributed by atoms with Crippen molar-refractivity contribution < 1.29 is 9.53 Å². The molecular weight excluding hydrogens is 254 g/mol. The summed E-state index contributed by atoms with van der Waals surface area (Å²) in [5.41, 5.74) is 0. The molecule has 2 atom stereocenters. The van der Waals surface area contributed by atoms with Crippen LogP contribution in [0.4, 0.5) is 0 Å². The average Bonchev–Trinajstić information content (AvgIpc) is 2.46. The van der Waals surface area contributed by atoms with E-state index in [1.54, 1.807) is 0 Å². The van der Waals surface area contributed by atoms with Crippen LogP contribution in [0.2, 0.25) is 0 Å². The number of hydrogen-bond acceptors (Lipinski definition) is 4. The molecule has 2 fully saturated rings. The van der Waals surface area contributed by atoms with Gasteiger partial charge in [0.05, 0.1) is 13.2 Å². The molecule has 2 aliphatic rings. The molecule has 0 radical (unpaired) electrons. The third kappa shape index (κ3) is 4.17. The lowest BCUT2D eigenvalue weighted by atomic mass is 9.99. The predicted octanol–water partition coefficient (Wildman–Crippen LogP) is 0.554. The Bertz CT molecular complexity index is 316. The van der Waals surface area contributed by atoms with Gasteiger partial charge in [-0.15, -0.1) is 0 Å². The third-order valence-corrected chi connectivity index (χ3v) is 4.47. The van der Waals surface area contributed by atoms with Gasteiger partial charge >= 0.3 is 0 Å². The minimum absolute atomic E-state index is 0.302. The first-order valence-electron chi connectivity index (χ1n) is 7.91. The number of rotatable bonds is 4. The first-order chi connectivity index (χ1) is 9.58. The summed E-state index contributed by atoms with van der Waals surface area (Å²) in [7, 11) is 0. The van der Waals surface area contributed by atoms with E-state index in [1.165, 1.54) is 0 Å². The highest BCUT2D eigenvalue weighted by atomic mass is 16.5. The summed E-state index contributed by atoms with van der Waals surface area (Å²) >= 11 is 0. The van der Waals surface area contributed by atoms with Gasteiger partial charge in [-0.05, 0) is 12.8 Å². The van der Waals surface area contributed by atoms with Crippen LogP contribution in [0.25, 0.3) is 0 Å². The minimum atomic E-state index is 0.302. The Morgan fingerprint density at radius 3 is 2.70 bits per heavy atom. The molecule has 1 N–H and O–H groups in total. The molecule has 2 unspecified atom stereocenters. The maximum atomic E-state index is 12.5. The van der Waals surface area contributed by atoms with Gasteiger partial charge in [0.1, 0.15) is 0 Å². The van der Waals surface area contributed by atoms with E-state index in [2.05, 4.69) is 35.9 Å². The third-order valence-electron chi connectivity index (χ3n) is 4.47. The molecule has 2 saturated heterocycles. The second kappa shape index (κ2) is 7.38. The van der Waals surface area contributed by atoms with Crippen molar-refractivity contribution in [3.05, 3.63) is 0 Å². The van der Waals surface area contributed by atoms with Crippen molar-refractivity contribution in [1.29, 1.82) is 0 Å². The molecular formula is C15H29N3O2. The Labute approximate surface area is 122 Å². The van der Waals surface area contributed by atoms with E-state index in [0.717, 1.165) is 45.9 Å². The number of amides is 1. The summed E-state index contributed by atoms with van der Waals surface area (Å²) in [6.45, 7) is 12.7. The van der Waals surface area contributed by atoms with Crippen LogP contribution in [0.3, 0.4) is 0 Å². The fourth-order valence-corrected chi connectivity index (χ4v) is 2.90. The van der Waals surface area contributed by atoms with Crippen molar-refractivity contribution in [1.82, 2.24) is 15.1 Å². The van der Waals surface area contributed by atoms with Crippen LogP contribution >= 0.6 is 0 Å². The van der Waals surface area contributed by atoms with Crippen LogP contribution in [0.1, 0.15) is 27.2 Å². The lowest BCUT2D eigenvalue weighted by Crippen LogP contribution is -2.59. The highest BCUT2D eigenvalue weighted by Crippen LogP contribution is 2.14. The molecule has 2 heterocycles. The Morgan fingerprint density at radius 1 is 1.35 bits per heavy atom. The number of ether oxygens (including phenoxy) is 1. The molecule has 116 valence electrons. The van der Waals surface area contributed by atoms with Crippen molar-refractivity contribution in [3.8, 4) is 0 Å². The van der Waals surface area contributed by atoms with E-state index in [0.29, 0.717) is 30.3 Å². The standard InChI is InChI=1S/C15H29N3O2/c1-12(2)14-11-18(13(3)10-16-14)15(19)4-5-17-6-8-20-9-7-17/h12-14,16H,4-11H2,1-3H3. The molecule has 5 nitrogen and oxygen atoms in total. The normalized spacial score (nSPS) is 28.9. The van der Waals surface area contributed by atoms with Gasteiger partial charge in [0, 0.05) is 51.2 Å². The average molecular weight is 283 g/mol. The molecule has 0 aromatic rings. The highest BCUT2D eigenvalue weighted by Gasteiger charge is 2.29. The van der Waals surface area contributed by atoms with Crippen LogP contribution < -0.4 is 5.32 Å². The molecule has 20 heavy (non-hydrogen) atoms. The van der Waals surface area contributed by atoms with Gasteiger partial charge < -0.3 is 15.0 Å². The maximum Gasteiger partial charge on any atom is 0.224 e. The number of carbonyl (C=O) groups is 1. The zero-order valence-corrected chi connectivity index (χ0v) is 13.1. The molecule has 1 amide bonds. The van der Waals surface area contributed by atoms with E-state index in [-0.39, 0.29) is 0 Å². The van der Waals surface area contributed by atoms with Crippen molar-refractivity contribution in [2.45, 2.75) is 39.3 Å². The number of carbonyl (C=O) groups excluding carboxylic acids is 1. The van der Waals surface area contributed by atoms with Crippen LogP contribution in [0, 0.1) is 5.92 Å². The van der Waals surface area contributed by atoms with Gasteiger partial charge in [-0.3, -0.25) is 9.69 Å². The second-order valence-electron chi connectivity index (χ2n) is 6.36. The number of hydrogen-bond donors (Lipinski definition) is 1. The summed E-state index contributed by atoms with van der Waals surface area (Å²) in [6.07, 6.45) is 0.634. The van der Waals surface area contributed by atoms with Crippen LogP contribution in [0.5, 0.6) is 0 Å². The Balaban J connectivity index is 1.80. The molecule has 0 saturated carbocycles. The van der Waals surface area contributed by atoms with E-state index in [1.807, 2.05) is 0 Å². The maximum absolute atomic E-state index is 12.5. The molecule has 0 bridgehead atoms. The Kier molecular flexibility index (Phi) is 5.81. The first kappa shape index (κ1) is 15.7. The van der Waals surface area contributed by atoms with Crippen LogP contribution in [-0.2, 0) is 9.53 Å². The second-order valence-corrected chi connectivity index (χ2v) is 6.36. The van der Waals surface area contributed by atoms with E-state index < -0.39 is 0 Å². The molecule has 0 aromatic heterocycles. The minimum Gasteiger partial charge on any atom is -0.379 e. The SMILES string of the molecule is CC(C)C1CN(C(=O)CCN2CCOCC2)C(C)CN1. The number of nitrogens with zero attached hydrogens (tertiary/aromatic N) is 2. The van der Waals surface area contributed by atoms with Gasteiger partial charge in [-0.2, -0.15) is 0 Å². The summed E-state index contributed by atoms with van der Waals surface area (Å²) in [5, 5.41) is 3.54. The van der Waals surface area contributed by atoms with Gasteiger partial charge in [-0.1, -0.05) is 13.8 Å². The van der Waals surface area contributed by atoms with Gasteiger partial charge in [-0.25, -0.2) is 0 Å². The summed E-state index contributed by atoms with van der Waals surface area (Å²) in [4.78, 5) is 16.9. The zero-order chi connectivity index (χ0) is 14.5. The van der Waals surface area contributed by atoms with Crippen LogP contribution in [-0.4, -0.2) is 73.7 Å². The lowest BCUT2D eigenvalue weighted by molar-refractivity contribution is -0.135. The highest BCUT2D eigenvalue weighted by molar-refractivity contribution is 5.77. The smallest absolute Gasteiger partial charge is 0.224 e. The zero-order valence-electron chi connectivity index (χ0n) is 13.1. The molecule has 2 rings (SSSR count). The largest absolute Gasteiger partial charge is 0.379 e. The lowest BCUT2D eigenvalue weighted by Gasteiger charge is -2.40. The summed E-state index contributed by atoms with van der Waals surface area (Å²) in [5.74, 6) is 0.869. The van der Waals surface area contributed by atoms with Crippen molar-refractivity contribution in [2.75, 3.05) is 45.9 Å². The molecule has 2 aliphatic heterocycles. The fourth-order valence-electron chi connectivity index (χ4n) is 2.90. The molecule has 0 spiro atoms. The monoisotopic (exact) mass is 283 g/mol. The predicted molar refractivity (Wildman–Crippen MR) is 79.7 cm³/mol. The number of morpholine rings is 1. The Morgan fingerprint density at radius 2 is 2.05 bits per heavy atom. The van der Waals surface area contributed by atoms with E-state index in [4.69, 9.17) is 4.74 Å². The van der Waals surface area contributed by atoms with Gasteiger partial charge in [0.25, 0.3) is 0 Å². The molecule has 5 heteroatoms. The topological polar surface area (TPSA) is 44.8 Å². The van der Waals surface area contributed by atoms with Crippen molar-refractivity contribution >= 4 is 5.91 Å². The molecule has 0 aromatic carbocycles. The summed E-state index contributed by atoms with van der Waals surface area (Å²) in [6, 6.07) is 0.737. The number of nitrogens with one attached hydrogen (secondary N) is 1. The van der Waals surface area contributed by atoms with E-state index >= 15 is 0 Å². The molecule has 0 aliphatic carbocycles.